The first kappa shape index (κ1) is 18.7. The van der Waals surface area contributed by atoms with Gasteiger partial charge in [-0.25, -0.2) is 9.97 Å². The summed E-state index contributed by atoms with van der Waals surface area (Å²) < 4.78 is 6.95. The fourth-order valence-electron chi connectivity index (χ4n) is 4.66. The second-order valence-corrected chi connectivity index (χ2v) is 7.67. The number of hydrogen-bond acceptors (Lipinski definition) is 6. The molecule has 7 heteroatoms. The van der Waals surface area contributed by atoms with Crippen LogP contribution in [0, 0.1) is 12.8 Å². The van der Waals surface area contributed by atoms with Crippen LogP contribution in [-0.4, -0.2) is 24.7 Å². The van der Waals surface area contributed by atoms with Gasteiger partial charge >= 0.3 is 0 Å². The topological polar surface area (TPSA) is 86.7 Å². The maximum absolute atomic E-state index is 12.8. The molecule has 3 aromatic heterocycles. The Morgan fingerprint density at radius 1 is 1.13 bits per heavy atom. The van der Waals surface area contributed by atoms with E-state index in [1.54, 1.807) is 6.20 Å². The van der Waals surface area contributed by atoms with E-state index in [9.17, 15) is 4.79 Å². The molecule has 3 heterocycles. The van der Waals surface area contributed by atoms with Gasteiger partial charge in [-0.15, -0.1) is 0 Å². The molecule has 3 atom stereocenters. The van der Waals surface area contributed by atoms with Crippen molar-refractivity contribution in [2.24, 2.45) is 5.92 Å². The van der Waals surface area contributed by atoms with Crippen LogP contribution in [0.5, 0.6) is 0 Å². The standard InChI is InChI=1S/C21H17N5O2.C2H6/c1-11-6-7-22-19-16(11)21(27)26(10-23-19)9-15-24-20(25-28-15)18-14-8-12-4-2-3-5-13(12)17(14)18;1-2/h2-7,10,14,17-18H,8-9H2,1H3;1-2H3/t14-,17+,18+;/m0./s1. The van der Waals surface area contributed by atoms with E-state index in [0.29, 0.717) is 34.7 Å². The van der Waals surface area contributed by atoms with Gasteiger partial charge in [0.15, 0.2) is 11.5 Å². The lowest BCUT2D eigenvalue weighted by Crippen LogP contribution is -2.22. The SMILES string of the molecule is CC.Cc1ccnc2ncn(Cc3nc([C@@H]4[C@H]5Cc6ccccc6[C@H]54)no3)c(=O)c12. The Kier molecular flexibility index (Phi) is 4.46. The third-order valence-electron chi connectivity index (χ3n) is 6.06. The van der Waals surface area contributed by atoms with Crippen molar-refractivity contribution < 1.29 is 4.52 Å². The average Bonchev–Trinajstić information content (AvgIpc) is 3.11. The summed E-state index contributed by atoms with van der Waals surface area (Å²) in [6, 6.07) is 10.4. The molecule has 0 N–H and O–H groups in total. The van der Waals surface area contributed by atoms with E-state index in [0.717, 1.165) is 17.8 Å². The van der Waals surface area contributed by atoms with Crippen LogP contribution in [-0.2, 0) is 13.0 Å². The van der Waals surface area contributed by atoms with Crippen molar-refractivity contribution in [3.05, 3.63) is 81.6 Å². The van der Waals surface area contributed by atoms with Gasteiger partial charge in [0, 0.05) is 12.1 Å². The monoisotopic (exact) mass is 401 g/mol. The number of rotatable bonds is 3. The Labute approximate surface area is 173 Å². The molecule has 152 valence electrons. The van der Waals surface area contributed by atoms with E-state index in [-0.39, 0.29) is 12.1 Å². The minimum atomic E-state index is -0.146. The van der Waals surface area contributed by atoms with E-state index in [1.165, 1.54) is 22.0 Å². The molecule has 0 bridgehead atoms. The largest absolute Gasteiger partial charge is 0.337 e. The summed E-state index contributed by atoms with van der Waals surface area (Å²) in [6.45, 7) is 6.09. The van der Waals surface area contributed by atoms with Crippen molar-refractivity contribution in [1.29, 1.82) is 0 Å². The molecule has 1 aromatic carbocycles. The lowest BCUT2D eigenvalue weighted by Gasteiger charge is -2.05. The van der Waals surface area contributed by atoms with Gasteiger partial charge in [-0.05, 0) is 47.9 Å². The van der Waals surface area contributed by atoms with E-state index in [4.69, 9.17) is 4.52 Å². The van der Waals surface area contributed by atoms with Crippen LogP contribution in [0.1, 0.15) is 54.1 Å². The highest BCUT2D eigenvalue weighted by Gasteiger charge is 2.58. The smallest absolute Gasteiger partial charge is 0.263 e. The highest BCUT2D eigenvalue weighted by atomic mass is 16.5. The summed E-state index contributed by atoms with van der Waals surface area (Å²) in [7, 11) is 0. The van der Waals surface area contributed by atoms with Crippen molar-refractivity contribution in [2.75, 3.05) is 0 Å². The summed E-state index contributed by atoms with van der Waals surface area (Å²) in [5.74, 6) is 2.57. The molecule has 1 saturated carbocycles. The van der Waals surface area contributed by atoms with E-state index >= 15 is 0 Å². The van der Waals surface area contributed by atoms with E-state index < -0.39 is 0 Å². The number of aromatic nitrogens is 5. The maximum atomic E-state index is 12.8. The van der Waals surface area contributed by atoms with Gasteiger partial charge in [-0.1, -0.05) is 43.3 Å². The number of fused-ring (bicyclic) bond motifs is 4. The van der Waals surface area contributed by atoms with Gasteiger partial charge in [0.2, 0.25) is 5.89 Å². The van der Waals surface area contributed by atoms with Crippen molar-refractivity contribution in [3.8, 4) is 0 Å². The predicted molar refractivity (Wildman–Crippen MR) is 112 cm³/mol. The molecular formula is C23H23N5O2. The van der Waals surface area contributed by atoms with Gasteiger partial charge in [-0.3, -0.25) is 9.36 Å². The fourth-order valence-corrected chi connectivity index (χ4v) is 4.66. The molecule has 0 aliphatic heterocycles. The van der Waals surface area contributed by atoms with Crippen LogP contribution in [0.2, 0.25) is 0 Å². The molecule has 7 nitrogen and oxygen atoms in total. The second kappa shape index (κ2) is 7.16. The third-order valence-corrected chi connectivity index (χ3v) is 6.06. The Bertz CT molecular complexity index is 1290. The third kappa shape index (κ3) is 2.84. The van der Waals surface area contributed by atoms with Gasteiger partial charge in [-0.2, -0.15) is 4.98 Å². The quantitative estimate of drug-likeness (QED) is 0.521. The van der Waals surface area contributed by atoms with Crippen molar-refractivity contribution in [2.45, 2.75) is 45.6 Å². The van der Waals surface area contributed by atoms with Crippen LogP contribution >= 0.6 is 0 Å². The van der Waals surface area contributed by atoms with Crippen LogP contribution < -0.4 is 5.56 Å². The van der Waals surface area contributed by atoms with Crippen LogP contribution in [0.15, 0.2) is 52.2 Å². The summed E-state index contributed by atoms with van der Waals surface area (Å²) in [5.41, 5.74) is 4.02. The molecule has 6 rings (SSSR count). The maximum Gasteiger partial charge on any atom is 0.263 e. The lowest BCUT2D eigenvalue weighted by molar-refractivity contribution is 0.364. The summed E-state index contributed by atoms with van der Waals surface area (Å²) in [6.07, 6.45) is 4.22. The number of hydrogen-bond donors (Lipinski definition) is 0. The minimum absolute atomic E-state index is 0.146. The Morgan fingerprint density at radius 2 is 1.97 bits per heavy atom. The highest BCUT2D eigenvalue weighted by molar-refractivity contribution is 5.76. The number of benzene rings is 1. The number of aryl methyl sites for hydroxylation is 1. The molecule has 2 aliphatic carbocycles. The fraction of sp³-hybridized carbons (Fsp3) is 0.348. The first-order chi connectivity index (χ1) is 14.7. The summed E-state index contributed by atoms with van der Waals surface area (Å²) in [5, 5.41) is 4.73. The van der Waals surface area contributed by atoms with Crippen molar-refractivity contribution in [3.63, 3.8) is 0 Å². The average molecular weight is 401 g/mol. The zero-order chi connectivity index (χ0) is 20.8. The Hall–Kier alpha value is -3.35. The highest BCUT2D eigenvalue weighted by Crippen LogP contribution is 2.65. The zero-order valence-electron chi connectivity index (χ0n) is 17.2. The molecule has 2 aliphatic rings. The zero-order valence-corrected chi connectivity index (χ0v) is 17.2. The molecule has 0 radical (unpaired) electrons. The van der Waals surface area contributed by atoms with Crippen molar-refractivity contribution >= 4 is 11.0 Å². The minimum Gasteiger partial charge on any atom is -0.337 e. The van der Waals surface area contributed by atoms with Crippen molar-refractivity contribution in [1.82, 2.24) is 24.7 Å². The first-order valence-electron chi connectivity index (χ1n) is 10.4. The predicted octanol–water partition coefficient (Wildman–Crippen LogP) is 3.61. The van der Waals surface area contributed by atoms with Crippen LogP contribution in [0.3, 0.4) is 0 Å². The molecule has 30 heavy (non-hydrogen) atoms. The normalized spacial score (nSPS) is 21.0. The van der Waals surface area contributed by atoms with Crippen LogP contribution in [0.25, 0.3) is 11.0 Å². The number of nitrogens with zero attached hydrogens (tertiary/aromatic N) is 5. The second-order valence-electron chi connectivity index (χ2n) is 7.67. The van der Waals surface area contributed by atoms with Gasteiger partial charge < -0.3 is 4.52 Å². The van der Waals surface area contributed by atoms with Gasteiger partial charge in [0.1, 0.15) is 12.9 Å². The van der Waals surface area contributed by atoms with E-state index in [2.05, 4.69) is 44.4 Å². The Balaban J connectivity index is 0.000000937. The molecular weight excluding hydrogens is 378 g/mol. The molecule has 4 aromatic rings. The molecule has 0 spiro atoms. The van der Waals surface area contributed by atoms with Crippen LogP contribution in [0.4, 0.5) is 0 Å². The van der Waals surface area contributed by atoms with Gasteiger partial charge in [0.05, 0.1) is 5.39 Å². The molecule has 0 amide bonds. The molecule has 1 fully saturated rings. The molecule has 0 unspecified atom stereocenters. The first-order valence-corrected chi connectivity index (χ1v) is 10.4. The lowest BCUT2D eigenvalue weighted by atomic mass is 10.0. The Morgan fingerprint density at radius 3 is 2.83 bits per heavy atom. The van der Waals surface area contributed by atoms with Gasteiger partial charge in [0.25, 0.3) is 5.56 Å². The summed E-state index contributed by atoms with van der Waals surface area (Å²) >= 11 is 0. The molecule has 0 saturated heterocycles. The van der Waals surface area contributed by atoms with E-state index in [1.807, 2.05) is 26.8 Å². The summed E-state index contributed by atoms with van der Waals surface area (Å²) in [4.78, 5) is 25.8. The number of pyridine rings is 1.